The maximum absolute atomic E-state index is 12.1. The summed E-state index contributed by atoms with van der Waals surface area (Å²) < 4.78 is 5.27. The third kappa shape index (κ3) is 6.80. The minimum absolute atomic E-state index is 0.0413. The van der Waals surface area contributed by atoms with Crippen LogP contribution in [-0.2, 0) is 14.4 Å². The number of nitrogens with one attached hydrogen (secondary N) is 3. The summed E-state index contributed by atoms with van der Waals surface area (Å²) in [4.78, 5) is 35.3. The van der Waals surface area contributed by atoms with Gasteiger partial charge in [0.15, 0.2) is 6.61 Å². The zero-order chi connectivity index (χ0) is 20.4. The quantitative estimate of drug-likeness (QED) is 0.626. The van der Waals surface area contributed by atoms with Gasteiger partial charge in [0, 0.05) is 6.92 Å². The van der Waals surface area contributed by atoms with Gasteiger partial charge in [-0.3, -0.25) is 25.2 Å². The number of hydrogen-bond donors (Lipinski definition) is 3. The highest BCUT2D eigenvalue weighted by Crippen LogP contribution is 2.16. The predicted molar refractivity (Wildman–Crippen MR) is 101 cm³/mol. The Kier molecular flexibility index (Phi) is 7.54. The Morgan fingerprint density at radius 2 is 1.64 bits per heavy atom. The summed E-state index contributed by atoms with van der Waals surface area (Å²) in [7, 11) is 0. The molecule has 0 heterocycles. The molecule has 144 valence electrons. The van der Waals surface area contributed by atoms with Crippen LogP contribution in [0.25, 0.3) is 0 Å². The Morgan fingerprint density at radius 1 is 1.00 bits per heavy atom. The van der Waals surface area contributed by atoms with Gasteiger partial charge in [-0.05, 0) is 29.8 Å². The highest BCUT2D eigenvalue weighted by molar-refractivity contribution is 5.83. The molecule has 1 atom stereocenters. The lowest BCUT2D eigenvalue weighted by atomic mass is 10.0. The third-order valence-electron chi connectivity index (χ3n) is 3.66. The Hall–Kier alpha value is -3.86. The largest absolute Gasteiger partial charge is 0.484 e. The molecule has 0 spiro atoms. The van der Waals surface area contributed by atoms with E-state index in [4.69, 9.17) is 10.00 Å². The number of amides is 3. The second-order valence-electron chi connectivity index (χ2n) is 5.89. The molecule has 0 saturated carbocycles. The van der Waals surface area contributed by atoms with E-state index in [-0.39, 0.29) is 18.9 Å². The van der Waals surface area contributed by atoms with Gasteiger partial charge in [-0.2, -0.15) is 5.26 Å². The van der Waals surface area contributed by atoms with Gasteiger partial charge in [0.05, 0.1) is 24.1 Å². The van der Waals surface area contributed by atoms with Crippen molar-refractivity contribution >= 4 is 17.7 Å². The Balaban J connectivity index is 1.80. The molecule has 0 fully saturated rings. The number of nitrogens with zero attached hydrogens (tertiary/aromatic N) is 1. The van der Waals surface area contributed by atoms with Crippen LogP contribution in [0.1, 0.15) is 30.5 Å². The van der Waals surface area contributed by atoms with Gasteiger partial charge < -0.3 is 10.1 Å². The molecule has 28 heavy (non-hydrogen) atoms. The van der Waals surface area contributed by atoms with Crippen LogP contribution in [0.4, 0.5) is 0 Å². The van der Waals surface area contributed by atoms with E-state index in [0.29, 0.717) is 11.3 Å². The van der Waals surface area contributed by atoms with Gasteiger partial charge in [0.1, 0.15) is 5.75 Å². The van der Waals surface area contributed by atoms with E-state index < -0.39 is 17.9 Å². The van der Waals surface area contributed by atoms with E-state index in [9.17, 15) is 14.4 Å². The van der Waals surface area contributed by atoms with Crippen molar-refractivity contribution in [2.45, 2.75) is 19.4 Å². The number of carbonyl (C=O) groups is 3. The minimum atomic E-state index is -0.548. The van der Waals surface area contributed by atoms with E-state index in [1.807, 2.05) is 24.3 Å². The van der Waals surface area contributed by atoms with Crippen molar-refractivity contribution in [1.29, 1.82) is 5.26 Å². The highest BCUT2D eigenvalue weighted by atomic mass is 16.5. The van der Waals surface area contributed by atoms with Gasteiger partial charge in [-0.25, -0.2) is 0 Å². The molecule has 0 bridgehead atoms. The molecule has 0 radical (unpaired) electrons. The monoisotopic (exact) mass is 380 g/mol. The Labute approximate surface area is 162 Å². The first kappa shape index (κ1) is 20.5. The first-order chi connectivity index (χ1) is 13.5. The molecule has 0 aliphatic carbocycles. The molecular weight excluding hydrogens is 360 g/mol. The van der Waals surface area contributed by atoms with Crippen molar-refractivity contribution in [2.75, 3.05) is 6.61 Å². The third-order valence-corrected chi connectivity index (χ3v) is 3.66. The lowest BCUT2D eigenvalue weighted by Crippen LogP contribution is -2.45. The number of benzene rings is 2. The summed E-state index contributed by atoms with van der Waals surface area (Å²) in [6.45, 7) is 1.07. The van der Waals surface area contributed by atoms with Crippen LogP contribution in [-0.4, -0.2) is 24.3 Å². The fourth-order valence-electron chi connectivity index (χ4n) is 2.37. The molecule has 8 heteroatoms. The summed E-state index contributed by atoms with van der Waals surface area (Å²) in [6.07, 6.45) is -0.0413. The summed E-state index contributed by atoms with van der Waals surface area (Å²) in [6, 6.07) is 16.8. The van der Waals surface area contributed by atoms with Crippen molar-refractivity contribution in [1.82, 2.24) is 16.2 Å². The molecule has 3 N–H and O–H groups in total. The molecule has 0 aliphatic rings. The fraction of sp³-hybridized carbons (Fsp3) is 0.200. The van der Waals surface area contributed by atoms with Gasteiger partial charge in [-0.15, -0.1) is 0 Å². The van der Waals surface area contributed by atoms with Crippen LogP contribution in [0.2, 0.25) is 0 Å². The number of hydrazine groups is 1. The number of carbonyl (C=O) groups excluding carboxylic acids is 3. The number of ether oxygens (including phenoxy) is 1. The lowest BCUT2D eigenvalue weighted by Gasteiger charge is -2.18. The second kappa shape index (κ2) is 10.3. The molecule has 2 aromatic rings. The van der Waals surface area contributed by atoms with Crippen LogP contribution >= 0.6 is 0 Å². The van der Waals surface area contributed by atoms with Crippen molar-refractivity contribution in [3.63, 3.8) is 0 Å². The molecule has 2 aromatic carbocycles. The van der Waals surface area contributed by atoms with Gasteiger partial charge in [0.2, 0.25) is 11.8 Å². The van der Waals surface area contributed by atoms with Gasteiger partial charge in [-0.1, -0.05) is 30.3 Å². The van der Waals surface area contributed by atoms with Crippen molar-refractivity contribution in [3.05, 3.63) is 65.7 Å². The lowest BCUT2D eigenvalue weighted by molar-refractivity contribution is -0.130. The highest BCUT2D eigenvalue weighted by Gasteiger charge is 2.17. The topological polar surface area (TPSA) is 120 Å². The first-order valence-corrected chi connectivity index (χ1v) is 8.50. The maximum atomic E-state index is 12.1. The second-order valence-corrected chi connectivity index (χ2v) is 5.89. The molecule has 2 rings (SSSR count). The van der Waals surface area contributed by atoms with Crippen LogP contribution in [0, 0.1) is 11.3 Å². The summed E-state index contributed by atoms with van der Waals surface area (Å²) in [5, 5.41) is 11.4. The molecule has 8 nitrogen and oxygen atoms in total. The van der Waals surface area contributed by atoms with Crippen molar-refractivity contribution < 1.29 is 19.1 Å². The summed E-state index contributed by atoms with van der Waals surface area (Å²) >= 11 is 0. The fourth-order valence-corrected chi connectivity index (χ4v) is 2.37. The van der Waals surface area contributed by atoms with Crippen LogP contribution in [0.15, 0.2) is 54.6 Å². The minimum Gasteiger partial charge on any atom is -0.484 e. The molecular formula is C20H20N4O4. The zero-order valence-corrected chi connectivity index (χ0v) is 15.3. The van der Waals surface area contributed by atoms with Crippen LogP contribution in [0.5, 0.6) is 5.75 Å². The van der Waals surface area contributed by atoms with Crippen LogP contribution < -0.4 is 20.9 Å². The number of hydrogen-bond acceptors (Lipinski definition) is 5. The summed E-state index contributed by atoms with van der Waals surface area (Å²) in [5.74, 6) is -0.848. The Morgan fingerprint density at radius 3 is 2.25 bits per heavy atom. The smallest absolute Gasteiger partial charge is 0.276 e. The number of rotatable bonds is 7. The predicted octanol–water partition coefficient (Wildman–Crippen LogP) is 1.35. The van der Waals surface area contributed by atoms with Crippen molar-refractivity contribution in [3.8, 4) is 11.8 Å². The van der Waals surface area contributed by atoms with E-state index in [1.165, 1.54) is 6.92 Å². The van der Waals surface area contributed by atoms with E-state index in [1.54, 1.807) is 36.4 Å². The molecule has 0 aliphatic heterocycles. The normalized spacial score (nSPS) is 10.9. The van der Waals surface area contributed by atoms with E-state index >= 15 is 0 Å². The molecule has 3 amide bonds. The molecule has 0 aromatic heterocycles. The average molecular weight is 380 g/mol. The van der Waals surface area contributed by atoms with Gasteiger partial charge in [0.25, 0.3) is 5.91 Å². The maximum Gasteiger partial charge on any atom is 0.276 e. The summed E-state index contributed by atoms with van der Waals surface area (Å²) in [5.41, 5.74) is 5.82. The van der Waals surface area contributed by atoms with E-state index in [0.717, 1.165) is 5.56 Å². The van der Waals surface area contributed by atoms with Crippen molar-refractivity contribution in [2.24, 2.45) is 0 Å². The van der Waals surface area contributed by atoms with Crippen LogP contribution in [0.3, 0.4) is 0 Å². The number of nitriles is 1. The SMILES string of the molecule is CC(=O)N[C@@H](CC(=O)NNC(=O)COc1ccc(C#N)cc1)c1ccccc1. The standard InChI is InChI=1S/C20H20N4O4/c1-14(25)22-18(16-5-3-2-4-6-16)11-19(26)23-24-20(27)13-28-17-9-7-15(12-21)8-10-17/h2-10,18H,11,13H2,1H3,(H,22,25)(H,23,26)(H,24,27)/t18-/m0/s1. The molecule has 0 saturated heterocycles. The van der Waals surface area contributed by atoms with Gasteiger partial charge >= 0.3 is 0 Å². The first-order valence-electron chi connectivity index (χ1n) is 8.50. The van der Waals surface area contributed by atoms with E-state index in [2.05, 4.69) is 16.2 Å². The molecule has 0 unspecified atom stereocenters. The average Bonchev–Trinajstić information content (AvgIpc) is 2.71. The zero-order valence-electron chi connectivity index (χ0n) is 15.3. The Bertz CT molecular complexity index is 860.